The van der Waals surface area contributed by atoms with Crippen LogP contribution in [0.4, 0.5) is 5.69 Å². The van der Waals surface area contributed by atoms with Gasteiger partial charge in [-0.1, -0.05) is 24.6 Å². The van der Waals surface area contributed by atoms with Gasteiger partial charge < -0.3 is 10.3 Å². The van der Waals surface area contributed by atoms with Crippen LogP contribution < -0.4 is 5.73 Å². The Morgan fingerprint density at radius 1 is 1.47 bits per heavy atom. The minimum Gasteiger partial charge on any atom is -0.396 e. The molecule has 2 rings (SSSR count). The maximum Gasteiger partial charge on any atom is 0.112 e. The van der Waals surface area contributed by atoms with E-state index in [1.807, 2.05) is 22.9 Å². The number of aryl methyl sites for hydroxylation is 1. The van der Waals surface area contributed by atoms with Crippen molar-refractivity contribution in [3.63, 3.8) is 0 Å². The smallest absolute Gasteiger partial charge is 0.112 e. The Labute approximate surface area is 93.5 Å². The molecule has 0 unspecified atom stereocenters. The van der Waals surface area contributed by atoms with Crippen LogP contribution in [0.3, 0.4) is 0 Å². The molecule has 0 saturated carbocycles. The third-order valence-corrected chi connectivity index (χ3v) is 2.65. The van der Waals surface area contributed by atoms with E-state index in [4.69, 9.17) is 17.3 Å². The van der Waals surface area contributed by atoms with Gasteiger partial charge in [-0.05, 0) is 12.1 Å². The molecule has 0 bridgehead atoms. The zero-order valence-corrected chi connectivity index (χ0v) is 9.20. The summed E-state index contributed by atoms with van der Waals surface area (Å²) in [7, 11) is 0. The minimum atomic E-state index is 0.572. The van der Waals surface area contributed by atoms with Crippen molar-refractivity contribution in [1.82, 2.24) is 9.55 Å². The van der Waals surface area contributed by atoms with Crippen LogP contribution in [0.15, 0.2) is 30.6 Å². The van der Waals surface area contributed by atoms with Crippen LogP contribution in [0.25, 0.3) is 5.69 Å². The number of rotatable bonds is 2. The SMILES string of the molecule is CCc1nccn1-c1cccc(Cl)c1N. The molecule has 0 atom stereocenters. The number of halogens is 1. The number of para-hydroxylation sites is 1. The second kappa shape index (κ2) is 3.95. The normalized spacial score (nSPS) is 10.5. The minimum absolute atomic E-state index is 0.572. The van der Waals surface area contributed by atoms with Gasteiger partial charge in [-0.25, -0.2) is 4.98 Å². The summed E-state index contributed by atoms with van der Waals surface area (Å²) in [5.41, 5.74) is 7.39. The van der Waals surface area contributed by atoms with Crippen molar-refractivity contribution in [3.05, 3.63) is 41.4 Å². The van der Waals surface area contributed by atoms with Crippen molar-refractivity contribution in [1.29, 1.82) is 0 Å². The summed E-state index contributed by atoms with van der Waals surface area (Å²) in [5.74, 6) is 0.976. The van der Waals surface area contributed by atoms with Crippen molar-refractivity contribution in [2.45, 2.75) is 13.3 Å². The first-order chi connectivity index (χ1) is 7.24. The van der Waals surface area contributed by atoms with E-state index >= 15 is 0 Å². The van der Waals surface area contributed by atoms with Crippen molar-refractivity contribution in [2.24, 2.45) is 0 Å². The molecule has 3 nitrogen and oxygen atoms in total. The topological polar surface area (TPSA) is 43.8 Å². The van der Waals surface area contributed by atoms with Gasteiger partial charge in [0, 0.05) is 18.8 Å². The van der Waals surface area contributed by atoms with E-state index in [0.29, 0.717) is 10.7 Å². The highest BCUT2D eigenvalue weighted by Crippen LogP contribution is 2.26. The largest absolute Gasteiger partial charge is 0.396 e. The predicted octanol–water partition coefficient (Wildman–Crippen LogP) is 2.67. The quantitative estimate of drug-likeness (QED) is 0.793. The molecule has 0 aliphatic heterocycles. The molecule has 15 heavy (non-hydrogen) atoms. The molecule has 4 heteroatoms. The monoisotopic (exact) mass is 221 g/mol. The van der Waals surface area contributed by atoms with Gasteiger partial charge in [-0.2, -0.15) is 0 Å². The van der Waals surface area contributed by atoms with Crippen molar-refractivity contribution in [3.8, 4) is 5.69 Å². The highest BCUT2D eigenvalue weighted by molar-refractivity contribution is 6.33. The summed E-state index contributed by atoms with van der Waals surface area (Å²) in [5, 5.41) is 0.572. The Balaban J connectivity index is 2.59. The molecule has 0 fully saturated rings. The molecule has 0 spiro atoms. The fraction of sp³-hybridized carbons (Fsp3) is 0.182. The molecular weight excluding hydrogens is 210 g/mol. The number of nitrogens with zero attached hydrogens (tertiary/aromatic N) is 2. The summed E-state index contributed by atoms with van der Waals surface area (Å²) in [6.45, 7) is 2.06. The van der Waals surface area contributed by atoms with Crippen molar-refractivity contribution >= 4 is 17.3 Å². The Bertz CT molecular complexity index is 476. The molecule has 0 aliphatic carbocycles. The summed E-state index contributed by atoms with van der Waals surface area (Å²) < 4.78 is 1.96. The lowest BCUT2D eigenvalue weighted by atomic mass is 10.2. The molecule has 2 aromatic rings. The highest BCUT2D eigenvalue weighted by Gasteiger charge is 2.07. The first kappa shape index (κ1) is 10.1. The molecule has 1 heterocycles. The second-order valence-electron chi connectivity index (χ2n) is 3.24. The molecule has 0 radical (unpaired) electrons. The van der Waals surface area contributed by atoms with Gasteiger partial charge in [0.05, 0.1) is 16.4 Å². The van der Waals surface area contributed by atoms with Gasteiger partial charge in [0.2, 0.25) is 0 Å². The van der Waals surface area contributed by atoms with E-state index in [2.05, 4.69) is 11.9 Å². The lowest BCUT2D eigenvalue weighted by Gasteiger charge is -2.10. The third-order valence-electron chi connectivity index (χ3n) is 2.32. The fourth-order valence-electron chi connectivity index (χ4n) is 1.55. The number of hydrogen-bond donors (Lipinski definition) is 1. The third kappa shape index (κ3) is 1.70. The van der Waals surface area contributed by atoms with Crippen LogP contribution >= 0.6 is 11.6 Å². The Morgan fingerprint density at radius 2 is 2.27 bits per heavy atom. The van der Waals surface area contributed by atoms with E-state index in [0.717, 1.165) is 17.9 Å². The Hall–Kier alpha value is -1.48. The maximum absolute atomic E-state index is 5.97. The van der Waals surface area contributed by atoms with Crippen LogP contribution in [0.2, 0.25) is 5.02 Å². The molecule has 0 amide bonds. The maximum atomic E-state index is 5.97. The fourth-order valence-corrected chi connectivity index (χ4v) is 1.72. The summed E-state index contributed by atoms with van der Waals surface area (Å²) in [6, 6.07) is 5.60. The lowest BCUT2D eigenvalue weighted by molar-refractivity contribution is 0.893. The Kier molecular flexibility index (Phi) is 2.64. The van der Waals surface area contributed by atoms with Gasteiger partial charge in [-0.15, -0.1) is 0 Å². The molecule has 78 valence electrons. The van der Waals surface area contributed by atoms with E-state index < -0.39 is 0 Å². The number of nitrogen functional groups attached to an aromatic ring is 1. The van der Waals surface area contributed by atoms with Gasteiger partial charge in [0.1, 0.15) is 5.82 Å². The number of nitrogens with two attached hydrogens (primary N) is 1. The van der Waals surface area contributed by atoms with Crippen LogP contribution in [-0.4, -0.2) is 9.55 Å². The van der Waals surface area contributed by atoms with Crippen molar-refractivity contribution in [2.75, 3.05) is 5.73 Å². The first-order valence-electron chi connectivity index (χ1n) is 4.80. The van der Waals surface area contributed by atoms with E-state index in [-0.39, 0.29) is 0 Å². The number of imidazole rings is 1. The Morgan fingerprint density at radius 3 is 3.00 bits per heavy atom. The zero-order valence-electron chi connectivity index (χ0n) is 8.44. The van der Waals surface area contributed by atoms with Crippen LogP contribution in [0, 0.1) is 0 Å². The average molecular weight is 222 g/mol. The zero-order chi connectivity index (χ0) is 10.8. The second-order valence-corrected chi connectivity index (χ2v) is 3.65. The lowest BCUT2D eigenvalue weighted by Crippen LogP contribution is -2.03. The van der Waals surface area contributed by atoms with Crippen LogP contribution in [-0.2, 0) is 6.42 Å². The first-order valence-corrected chi connectivity index (χ1v) is 5.18. The molecule has 1 aromatic heterocycles. The summed E-state index contributed by atoms with van der Waals surface area (Å²) in [6.07, 6.45) is 4.51. The molecule has 0 saturated heterocycles. The number of aromatic nitrogens is 2. The van der Waals surface area contributed by atoms with E-state index in [9.17, 15) is 0 Å². The number of benzene rings is 1. The predicted molar refractivity (Wildman–Crippen MR) is 62.4 cm³/mol. The average Bonchev–Trinajstić information content (AvgIpc) is 2.70. The summed E-state index contributed by atoms with van der Waals surface area (Å²) >= 11 is 5.97. The van der Waals surface area contributed by atoms with E-state index in [1.54, 1.807) is 12.3 Å². The van der Waals surface area contributed by atoms with Gasteiger partial charge in [-0.3, -0.25) is 0 Å². The van der Waals surface area contributed by atoms with Crippen LogP contribution in [0.1, 0.15) is 12.7 Å². The molecule has 0 aliphatic rings. The molecular formula is C11H12ClN3. The number of anilines is 1. The summed E-state index contributed by atoms with van der Waals surface area (Å²) in [4.78, 5) is 4.25. The van der Waals surface area contributed by atoms with Crippen LogP contribution in [0.5, 0.6) is 0 Å². The van der Waals surface area contributed by atoms with Crippen molar-refractivity contribution < 1.29 is 0 Å². The number of hydrogen-bond acceptors (Lipinski definition) is 2. The molecule has 2 N–H and O–H groups in total. The standard InChI is InChI=1S/C11H12ClN3/c1-2-10-14-6-7-15(10)9-5-3-4-8(12)11(9)13/h3-7H,2,13H2,1H3. The van der Waals surface area contributed by atoms with Gasteiger partial charge in [0.25, 0.3) is 0 Å². The van der Waals surface area contributed by atoms with Gasteiger partial charge in [0.15, 0.2) is 0 Å². The highest BCUT2D eigenvalue weighted by atomic mass is 35.5. The van der Waals surface area contributed by atoms with Gasteiger partial charge >= 0.3 is 0 Å². The van der Waals surface area contributed by atoms with E-state index in [1.165, 1.54) is 0 Å². The molecule has 1 aromatic carbocycles.